The van der Waals surface area contributed by atoms with Gasteiger partial charge in [-0.15, -0.1) is 0 Å². The predicted molar refractivity (Wildman–Crippen MR) is 216 cm³/mol. The second-order valence-electron chi connectivity index (χ2n) is 14.5. The van der Waals surface area contributed by atoms with Crippen LogP contribution in [-0.2, 0) is 4.74 Å². The summed E-state index contributed by atoms with van der Waals surface area (Å²) in [5.74, 6) is 1.07. The second-order valence-corrected chi connectivity index (χ2v) is 14.5. The Morgan fingerprint density at radius 2 is 0.863 bits per heavy atom. The van der Waals surface area contributed by atoms with Gasteiger partial charge in [0.05, 0.1) is 18.3 Å². The molecule has 3 rings (SSSR count). The van der Waals surface area contributed by atoms with E-state index in [2.05, 4.69) is 32.9 Å². The summed E-state index contributed by atoms with van der Waals surface area (Å²) < 4.78 is 17.7. The molecular weight excluding hydrogens is 629 g/mol. The van der Waals surface area contributed by atoms with Crippen LogP contribution < -0.4 is 9.47 Å². The minimum absolute atomic E-state index is 0.0000889. The molecule has 51 heavy (non-hydrogen) atoms. The van der Waals surface area contributed by atoms with Crippen molar-refractivity contribution in [3.05, 3.63) is 83.9 Å². The van der Waals surface area contributed by atoms with Crippen molar-refractivity contribution in [1.82, 2.24) is 0 Å². The summed E-state index contributed by atoms with van der Waals surface area (Å²) in [5, 5.41) is 0. The zero-order valence-corrected chi connectivity index (χ0v) is 32.6. The highest BCUT2D eigenvalue weighted by molar-refractivity contribution is 5.91. The standard InChI is InChI=1S/C47H70O4/c1-4-6-8-10-12-13-14-15-16-17-18-19-20-21-23-24-38-49-40(3)41-26-28-44(29-27-41)47(48)51-46-36-32-43(33-37-46)42-30-34-45(35-31-42)50-39-25-22-11-9-7-5-2/h26-37,40H,4-25,38-39H2,1-3H3. The Kier molecular flexibility index (Phi) is 22.8. The summed E-state index contributed by atoms with van der Waals surface area (Å²) in [6, 6.07) is 23.5. The Hall–Kier alpha value is -3.11. The van der Waals surface area contributed by atoms with Crippen molar-refractivity contribution < 1.29 is 19.0 Å². The summed E-state index contributed by atoms with van der Waals surface area (Å²) in [6.07, 6.45) is 29.5. The van der Waals surface area contributed by atoms with Gasteiger partial charge in [0.2, 0.25) is 0 Å². The van der Waals surface area contributed by atoms with Crippen LogP contribution in [0.25, 0.3) is 11.1 Å². The number of unbranched alkanes of at least 4 members (excludes halogenated alkanes) is 20. The van der Waals surface area contributed by atoms with E-state index >= 15 is 0 Å². The lowest BCUT2D eigenvalue weighted by atomic mass is 10.0. The maximum absolute atomic E-state index is 12.8. The van der Waals surface area contributed by atoms with E-state index < -0.39 is 0 Å². The van der Waals surface area contributed by atoms with Crippen molar-refractivity contribution >= 4 is 5.97 Å². The molecule has 0 spiro atoms. The third-order valence-electron chi connectivity index (χ3n) is 10.0. The minimum Gasteiger partial charge on any atom is -0.494 e. The number of ether oxygens (including phenoxy) is 3. The number of carbonyl (C=O) groups is 1. The van der Waals surface area contributed by atoms with Crippen LogP contribution in [0.15, 0.2) is 72.8 Å². The molecule has 0 aliphatic carbocycles. The molecule has 0 saturated heterocycles. The molecule has 0 heterocycles. The van der Waals surface area contributed by atoms with Gasteiger partial charge >= 0.3 is 5.97 Å². The van der Waals surface area contributed by atoms with Gasteiger partial charge in [-0.1, -0.05) is 179 Å². The molecule has 282 valence electrons. The predicted octanol–water partition coefficient (Wildman–Crippen LogP) is 14.7. The van der Waals surface area contributed by atoms with Crippen LogP contribution in [0.2, 0.25) is 0 Å². The van der Waals surface area contributed by atoms with Gasteiger partial charge in [0.15, 0.2) is 0 Å². The van der Waals surface area contributed by atoms with E-state index in [0.29, 0.717) is 11.3 Å². The van der Waals surface area contributed by atoms with Crippen molar-refractivity contribution in [3.8, 4) is 22.6 Å². The quantitative estimate of drug-likeness (QED) is 0.0395. The fraction of sp³-hybridized carbons (Fsp3) is 0.596. The molecule has 0 fully saturated rings. The molecule has 4 heteroatoms. The van der Waals surface area contributed by atoms with E-state index in [1.165, 1.54) is 128 Å². The van der Waals surface area contributed by atoms with Crippen molar-refractivity contribution in [2.45, 2.75) is 168 Å². The van der Waals surface area contributed by atoms with Gasteiger partial charge < -0.3 is 14.2 Å². The molecule has 1 atom stereocenters. The molecule has 0 amide bonds. The van der Waals surface area contributed by atoms with Crippen LogP contribution in [0.1, 0.15) is 184 Å². The van der Waals surface area contributed by atoms with Crippen molar-refractivity contribution in [1.29, 1.82) is 0 Å². The fourth-order valence-corrected chi connectivity index (χ4v) is 6.59. The zero-order valence-electron chi connectivity index (χ0n) is 32.6. The molecule has 0 N–H and O–H groups in total. The third kappa shape index (κ3) is 18.8. The van der Waals surface area contributed by atoms with Crippen LogP contribution >= 0.6 is 0 Å². The first-order valence-electron chi connectivity index (χ1n) is 20.9. The molecule has 4 nitrogen and oxygen atoms in total. The SMILES string of the molecule is CCCCCCCCCCCCCCCCCCOC(C)c1ccc(C(=O)Oc2ccc(-c3ccc(OCCCCCCCC)cc3)cc2)cc1. The first kappa shape index (κ1) is 42.3. The highest BCUT2D eigenvalue weighted by Crippen LogP contribution is 2.26. The summed E-state index contributed by atoms with van der Waals surface area (Å²) in [6.45, 7) is 8.15. The summed E-state index contributed by atoms with van der Waals surface area (Å²) in [4.78, 5) is 12.8. The minimum atomic E-state index is -0.358. The summed E-state index contributed by atoms with van der Waals surface area (Å²) in [5.41, 5.74) is 3.77. The number of hydrogen-bond acceptors (Lipinski definition) is 4. The Morgan fingerprint density at radius 1 is 0.471 bits per heavy atom. The van der Waals surface area contributed by atoms with Crippen molar-refractivity contribution in [2.24, 2.45) is 0 Å². The van der Waals surface area contributed by atoms with E-state index in [0.717, 1.165) is 48.5 Å². The topological polar surface area (TPSA) is 44.8 Å². The number of esters is 1. The third-order valence-corrected chi connectivity index (χ3v) is 10.0. The second kappa shape index (κ2) is 27.5. The average Bonchev–Trinajstić information content (AvgIpc) is 3.16. The van der Waals surface area contributed by atoms with E-state index in [1.807, 2.05) is 60.7 Å². The van der Waals surface area contributed by atoms with Gasteiger partial charge in [0.1, 0.15) is 11.5 Å². The Labute approximate surface area is 312 Å². The summed E-state index contributed by atoms with van der Waals surface area (Å²) >= 11 is 0. The van der Waals surface area contributed by atoms with Crippen LogP contribution in [0.4, 0.5) is 0 Å². The smallest absolute Gasteiger partial charge is 0.343 e. The molecule has 0 aliphatic rings. The van der Waals surface area contributed by atoms with Gasteiger partial charge in [-0.05, 0) is 72.9 Å². The molecule has 0 saturated carbocycles. The lowest BCUT2D eigenvalue weighted by Crippen LogP contribution is -2.09. The molecule has 0 bridgehead atoms. The van der Waals surface area contributed by atoms with E-state index in [1.54, 1.807) is 0 Å². The van der Waals surface area contributed by atoms with Crippen molar-refractivity contribution in [3.63, 3.8) is 0 Å². The average molecular weight is 699 g/mol. The maximum Gasteiger partial charge on any atom is 0.343 e. The van der Waals surface area contributed by atoms with Crippen LogP contribution in [0, 0.1) is 0 Å². The monoisotopic (exact) mass is 699 g/mol. The zero-order chi connectivity index (χ0) is 36.2. The van der Waals surface area contributed by atoms with Gasteiger partial charge in [-0.3, -0.25) is 0 Å². The molecular formula is C47H70O4. The lowest BCUT2D eigenvalue weighted by molar-refractivity contribution is 0.0626. The Balaban J connectivity index is 1.23. The Morgan fingerprint density at radius 3 is 1.31 bits per heavy atom. The number of carbonyl (C=O) groups excluding carboxylic acids is 1. The normalized spacial score (nSPS) is 11.8. The van der Waals surface area contributed by atoms with Crippen molar-refractivity contribution in [2.75, 3.05) is 13.2 Å². The van der Waals surface area contributed by atoms with Gasteiger partial charge in [-0.25, -0.2) is 4.79 Å². The molecule has 0 aromatic heterocycles. The molecule has 0 aliphatic heterocycles. The highest BCUT2D eigenvalue weighted by atomic mass is 16.5. The molecule has 0 radical (unpaired) electrons. The van der Waals surface area contributed by atoms with Crippen LogP contribution in [-0.4, -0.2) is 19.2 Å². The van der Waals surface area contributed by atoms with Crippen LogP contribution in [0.5, 0.6) is 11.5 Å². The number of benzene rings is 3. The van der Waals surface area contributed by atoms with Gasteiger partial charge in [0, 0.05) is 6.61 Å². The molecule has 3 aromatic rings. The fourth-order valence-electron chi connectivity index (χ4n) is 6.59. The summed E-state index contributed by atoms with van der Waals surface area (Å²) in [7, 11) is 0. The van der Waals surface area contributed by atoms with E-state index in [9.17, 15) is 4.79 Å². The van der Waals surface area contributed by atoms with Crippen LogP contribution in [0.3, 0.4) is 0 Å². The molecule has 3 aromatic carbocycles. The number of rotatable bonds is 30. The van der Waals surface area contributed by atoms with Gasteiger partial charge in [-0.2, -0.15) is 0 Å². The van der Waals surface area contributed by atoms with E-state index in [-0.39, 0.29) is 12.1 Å². The lowest BCUT2D eigenvalue weighted by Gasteiger charge is -2.14. The first-order chi connectivity index (χ1) is 25.1. The maximum atomic E-state index is 12.8. The van der Waals surface area contributed by atoms with Gasteiger partial charge in [0.25, 0.3) is 0 Å². The number of hydrogen-bond donors (Lipinski definition) is 0. The largest absolute Gasteiger partial charge is 0.494 e. The highest BCUT2D eigenvalue weighted by Gasteiger charge is 2.12. The Bertz CT molecular complexity index is 1270. The molecule has 1 unspecified atom stereocenters. The van der Waals surface area contributed by atoms with E-state index in [4.69, 9.17) is 14.2 Å². The first-order valence-corrected chi connectivity index (χ1v) is 20.9.